The summed E-state index contributed by atoms with van der Waals surface area (Å²) in [7, 11) is 0. The van der Waals surface area contributed by atoms with Gasteiger partial charge in [0.15, 0.2) is 0 Å². The molecule has 0 saturated heterocycles. The van der Waals surface area contributed by atoms with Crippen LogP contribution in [-0.4, -0.2) is 10.5 Å². The number of ether oxygens (including phenoxy) is 1. The van der Waals surface area contributed by atoms with E-state index < -0.39 is 0 Å². The summed E-state index contributed by atoms with van der Waals surface area (Å²) in [5.74, 6) is 0.724. The largest absolute Gasteiger partial charge is 0.488 e. The molecule has 0 aliphatic carbocycles. The van der Waals surface area contributed by atoms with Crippen LogP contribution >= 0.6 is 22.6 Å². The van der Waals surface area contributed by atoms with Gasteiger partial charge in [0.1, 0.15) is 17.4 Å². The van der Waals surface area contributed by atoms with E-state index in [9.17, 15) is 4.79 Å². The zero-order valence-corrected chi connectivity index (χ0v) is 11.5. The molecule has 0 fully saturated rings. The number of aryl methyl sites for hydroxylation is 1. The minimum atomic E-state index is -0.260. The van der Waals surface area contributed by atoms with Crippen LogP contribution in [0, 0.1) is 6.92 Å². The SMILES string of the molecule is Cc1ccc2oc(=O)c3c(c2c1)OC(CI)C3. The van der Waals surface area contributed by atoms with Crippen LogP contribution in [0.1, 0.15) is 11.1 Å². The fourth-order valence-corrected chi connectivity index (χ4v) is 2.65. The molecule has 1 unspecified atom stereocenters. The summed E-state index contributed by atoms with van der Waals surface area (Å²) in [6.45, 7) is 2.02. The zero-order valence-electron chi connectivity index (χ0n) is 9.33. The van der Waals surface area contributed by atoms with Gasteiger partial charge in [0.2, 0.25) is 0 Å². The third kappa shape index (κ3) is 1.74. The molecular formula is C13H11IO3. The van der Waals surface area contributed by atoms with Gasteiger partial charge in [-0.25, -0.2) is 4.79 Å². The molecule has 2 aromatic rings. The highest BCUT2D eigenvalue weighted by molar-refractivity contribution is 14.1. The van der Waals surface area contributed by atoms with Crippen LogP contribution in [0.3, 0.4) is 0 Å². The second-order valence-electron chi connectivity index (χ2n) is 4.30. The fraction of sp³-hybridized carbons (Fsp3) is 0.308. The highest BCUT2D eigenvalue weighted by Crippen LogP contribution is 2.34. The van der Waals surface area contributed by atoms with Crippen LogP contribution in [0.2, 0.25) is 0 Å². The second-order valence-corrected chi connectivity index (χ2v) is 5.18. The van der Waals surface area contributed by atoms with E-state index >= 15 is 0 Å². The van der Waals surface area contributed by atoms with Gasteiger partial charge in [-0.2, -0.15) is 0 Å². The van der Waals surface area contributed by atoms with Gasteiger partial charge in [0, 0.05) is 10.8 Å². The van der Waals surface area contributed by atoms with Crippen molar-refractivity contribution in [1.29, 1.82) is 0 Å². The van der Waals surface area contributed by atoms with E-state index in [4.69, 9.17) is 9.15 Å². The monoisotopic (exact) mass is 342 g/mol. The van der Waals surface area contributed by atoms with Crippen LogP contribution in [0.5, 0.6) is 5.75 Å². The minimum Gasteiger partial charge on any atom is -0.488 e. The quantitative estimate of drug-likeness (QED) is 0.455. The molecule has 88 valence electrons. The lowest BCUT2D eigenvalue weighted by Crippen LogP contribution is -2.14. The Morgan fingerprint density at radius 3 is 3.06 bits per heavy atom. The first kappa shape index (κ1) is 11.1. The number of fused-ring (bicyclic) bond motifs is 3. The molecule has 3 rings (SSSR count). The summed E-state index contributed by atoms with van der Waals surface area (Å²) in [6.07, 6.45) is 0.754. The van der Waals surface area contributed by atoms with Gasteiger partial charge in [-0.05, 0) is 19.1 Å². The summed E-state index contributed by atoms with van der Waals surface area (Å²) >= 11 is 2.27. The maximum absolute atomic E-state index is 11.8. The predicted molar refractivity (Wildman–Crippen MR) is 74.2 cm³/mol. The summed E-state index contributed by atoms with van der Waals surface area (Å²) in [5.41, 5.74) is 2.16. The van der Waals surface area contributed by atoms with Crippen molar-refractivity contribution < 1.29 is 9.15 Å². The second kappa shape index (κ2) is 4.01. The van der Waals surface area contributed by atoms with E-state index in [1.165, 1.54) is 0 Å². The van der Waals surface area contributed by atoms with Crippen molar-refractivity contribution in [3.05, 3.63) is 39.7 Å². The van der Waals surface area contributed by atoms with Gasteiger partial charge in [0.05, 0.1) is 10.9 Å². The molecular weight excluding hydrogens is 331 g/mol. The minimum absolute atomic E-state index is 0.0969. The molecule has 0 bridgehead atoms. The van der Waals surface area contributed by atoms with Crippen molar-refractivity contribution in [2.24, 2.45) is 0 Å². The molecule has 1 aliphatic rings. The molecule has 17 heavy (non-hydrogen) atoms. The maximum atomic E-state index is 11.8. The van der Waals surface area contributed by atoms with Crippen LogP contribution in [0.25, 0.3) is 11.0 Å². The van der Waals surface area contributed by atoms with E-state index in [2.05, 4.69) is 22.6 Å². The first-order chi connectivity index (χ1) is 8.19. The van der Waals surface area contributed by atoms with Crippen molar-refractivity contribution in [2.45, 2.75) is 19.4 Å². The normalized spacial score (nSPS) is 18.1. The molecule has 0 saturated carbocycles. The average molecular weight is 342 g/mol. The predicted octanol–water partition coefficient (Wildman–Crippen LogP) is 2.84. The lowest BCUT2D eigenvalue weighted by Gasteiger charge is -2.07. The van der Waals surface area contributed by atoms with Crippen LogP contribution in [0.15, 0.2) is 27.4 Å². The molecule has 0 radical (unpaired) electrons. The Labute approximate surface area is 112 Å². The summed E-state index contributed by atoms with van der Waals surface area (Å²) in [6, 6.07) is 5.77. The van der Waals surface area contributed by atoms with Gasteiger partial charge >= 0.3 is 5.63 Å². The number of rotatable bonds is 1. The number of alkyl halides is 1. The van der Waals surface area contributed by atoms with E-state index in [0.29, 0.717) is 17.6 Å². The van der Waals surface area contributed by atoms with Crippen molar-refractivity contribution >= 4 is 33.6 Å². The van der Waals surface area contributed by atoms with E-state index in [1.54, 1.807) is 0 Å². The molecule has 3 nitrogen and oxygen atoms in total. The van der Waals surface area contributed by atoms with Crippen LogP contribution in [-0.2, 0) is 6.42 Å². The maximum Gasteiger partial charge on any atom is 0.343 e. The van der Waals surface area contributed by atoms with Crippen LogP contribution < -0.4 is 10.4 Å². The number of hydrogen-bond acceptors (Lipinski definition) is 3. The molecule has 2 heterocycles. The van der Waals surface area contributed by atoms with Crippen molar-refractivity contribution in [3.8, 4) is 5.75 Å². The van der Waals surface area contributed by atoms with Gasteiger partial charge in [-0.15, -0.1) is 0 Å². The van der Waals surface area contributed by atoms with Crippen molar-refractivity contribution in [3.63, 3.8) is 0 Å². The molecule has 4 heteroatoms. The topological polar surface area (TPSA) is 39.4 Å². The summed E-state index contributed by atoms with van der Waals surface area (Å²) < 4.78 is 12.0. The molecule has 1 aromatic heterocycles. The molecule has 0 spiro atoms. The van der Waals surface area contributed by atoms with Gasteiger partial charge < -0.3 is 9.15 Å². The Hall–Kier alpha value is -1.04. The summed E-state index contributed by atoms with van der Waals surface area (Å²) in [4.78, 5) is 11.8. The Morgan fingerprint density at radius 2 is 2.29 bits per heavy atom. The Morgan fingerprint density at radius 1 is 1.47 bits per heavy atom. The van der Waals surface area contributed by atoms with Crippen molar-refractivity contribution in [2.75, 3.05) is 4.43 Å². The Bertz CT molecular complexity index is 645. The lowest BCUT2D eigenvalue weighted by molar-refractivity contribution is 0.265. The fourth-order valence-electron chi connectivity index (χ4n) is 2.16. The first-order valence-electron chi connectivity index (χ1n) is 5.48. The highest BCUT2D eigenvalue weighted by Gasteiger charge is 2.28. The van der Waals surface area contributed by atoms with E-state index in [0.717, 1.165) is 21.1 Å². The third-order valence-corrected chi connectivity index (χ3v) is 3.97. The molecule has 0 N–H and O–H groups in total. The number of hydrogen-bond donors (Lipinski definition) is 0. The Kier molecular flexibility index (Phi) is 2.61. The first-order valence-corrected chi connectivity index (χ1v) is 7.00. The van der Waals surface area contributed by atoms with E-state index in [-0.39, 0.29) is 11.7 Å². The molecule has 1 aliphatic heterocycles. The highest BCUT2D eigenvalue weighted by atomic mass is 127. The van der Waals surface area contributed by atoms with Crippen molar-refractivity contribution in [1.82, 2.24) is 0 Å². The lowest BCUT2D eigenvalue weighted by atomic mass is 10.1. The van der Waals surface area contributed by atoms with Gasteiger partial charge in [0.25, 0.3) is 0 Å². The average Bonchev–Trinajstić information content (AvgIpc) is 2.75. The smallest absolute Gasteiger partial charge is 0.343 e. The standard InChI is InChI=1S/C13H11IO3/c1-7-2-3-11-9(4-7)12-10(13(15)17-11)5-8(6-14)16-12/h2-4,8H,5-6H2,1H3. The molecule has 1 aromatic carbocycles. The molecule has 0 amide bonds. The van der Waals surface area contributed by atoms with Crippen LogP contribution in [0.4, 0.5) is 0 Å². The zero-order chi connectivity index (χ0) is 12.0. The number of benzene rings is 1. The summed E-state index contributed by atoms with van der Waals surface area (Å²) in [5, 5.41) is 0.909. The van der Waals surface area contributed by atoms with E-state index in [1.807, 2.05) is 25.1 Å². The number of halogens is 1. The van der Waals surface area contributed by atoms with Gasteiger partial charge in [-0.1, -0.05) is 34.2 Å². The van der Waals surface area contributed by atoms with Gasteiger partial charge in [-0.3, -0.25) is 0 Å². The third-order valence-electron chi connectivity index (χ3n) is 2.99. The Balaban J connectivity index is 2.32. The molecule has 1 atom stereocenters.